The van der Waals surface area contributed by atoms with Gasteiger partial charge in [0.15, 0.2) is 0 Å². The summed E-state index contributed by atoms with van der Waals surface area (Å²) in [5.41, 5.74) is 0.935. The molecule has 0 aromatic heterocycles. The maximum atomic E-state index is 11.9. The summed E-state index contributed by atoms with van der Waals surface area (Å²) in [6.07, 6.45) is 8.74. The molecule has 1 N–H and O–H groups in total. The van der Waals surface area contributed by atoms with Crippen molar-refractivity contribution >= 4 is 23.2 Å². The first-order valence-corrected chi connectivity index (χ1v) is 8.04. The van der Waals surface area contributed by atoms with E-state index < -0.39 is 0 Å². The molecule has 0 radical (unpaired) electrons. The second-order valence-electron chi connectivity index (χ2n) is 5.22. The van der Waals surface area contributed by atoms with Gasteiger partial charge in [0.05, 0.1) is 11.3 Å². The monoisotopic (exact) mass is 306 g/mol. The number of hydrogen-bond donors (Lipinski definition) is 1. The van der Waals surface area contributed by atoms with Crippen LogP contribution >= 0.6 is 11.6 Å². The Bertz CT molecular complexity index is 494. The number of hydrogen-bond acceptors (Lipinski definition) is 2. The lowest BCUT2D eigenvalue weighted by Crippen LogP contribution is -2.12. The highest BCUT2D eigenvalue weighted by Crippen LogP contribution is 2.20. The average molecular weight is 307 g/mol. The molecule has 0 atom stereocenters. The Labute approximate surface area is 132 Å². The second kappa shape index (κ2) is 10.2. The number of nitrogens with zero attached hydrogens (tertiary/aromatic N) is 1. The van der Waals surface area contributed by atoms with E-state index in [1.165, 1.54) is 32.1 Å². The molecule has 0 saturated carbocycles. The van der Waals surface area contributed by atoms with Gasteiger partial charge in [-0.3, -0.25) is 4.79 Å². The van der Waals surface area contributed by atoms with Crippen molar-refractivity contribution in [3.05, 3.63) is 28.8 Å². The van der Waals surface area contributed by atoms with Crippen LogP contribution in [0.2, 0.25) is 5.02 Å². The van der Waals surface area contributed by atoms with Gasteiger partial charge >= 0.3 is 0 Å². The van der Waals surface area contributed by atoms with E-state index in [4.69, 9.17) is 16.9 Å². The molecule has 1 aromatic carbocycles. The molecule has 0 saturated heterocycles. The molecular formula is C17H23ClN2O. The first-order chi connectivity index (χ1) is 10.2. The minimum Gasteiger partial charge on any atom is -0.325 e. The number of amides is 1. The molecular weight excluding hydrogens is 284 g/mol. The van der Waals surface area contributed by atoms with E-state index in [0.717, 1.165) is 12.8 Å². The first kappa shape index (κ1) is 17.5. The largest absolute Gasteiger partial charge is 0.325 e. The number of nitrogens with one attached hydrogen (secondary N) is 1. The number of nitriles is 1. The van der Waals surface area contributed by atoms with E-state index in [2.05, 4.69) is 18.3 Å². The zero-order chi connectivity index (χ0) is 15.5. The summed E-state index contributed by atoms with van der Waals surface area (Å²) in [7, 11) is 0. The smallest absolute Gasteiger partial charge is 0.224 e. The number of benzene rings is 1. The summed E-state index contributed by atoms with van der Waals surface area (Å²) in [5, 5.41) is 12.3. The van der Waals surface area contributed by atoms with Gasteiger partial charge < -0.3 is 5.32 Å². The Morgan fingerprint density at radius 1 is 1.19 bits per heavy atom. The van der Waals surface area contributed by atoms with Crippen LogP contribution in [-0.4, -0.2) is 5.91 Å². The number of rotatable bonds is 9. The standard InChI is InChI=1S/C17H23ClN2O/c1-2-3-4-5-6-7-8-9-17(21)20-16-12-15(18)11-10-14(16)13-19/h10-12H,2-9H2,1H3,(H,20,21). The molecule has 3 nitrogen and oxygen atoms in total. The van der Waals surface area contributed by atoms with Gasteiger partial charge in [-0.2, -0.15) is 5.26 Å². The van der Waals surface area contributed by atoms with Crippen molar-refractivity contribution < 1.29 is 4.79 Å². The van der Waals surface area contributed by atoms with Gasteiger partial charge in [-0.05, 0) is 24.6 Å². The van der Waals surface area contributed by atoms with Gasteiger partial charge in [-0.1, -0.05) is 57.0 Å². The molecule has 0 fully saturated rings. The number of anilines is 1. The van der Waals surface area contributed by atoms with Crippen LogP contribution in [0.5, 0.6) is 0 Å². The third kappa shape index (κ3) is 7.15. The van der Waals surface area contributed by atoms with Crippen LogP contribution in [0.25, 0.3) is 0 Å². The van der Waals surface area contributed by atoms with E-state index in [9.17, 15) is 4.79 Å². The highest BCUT2D eigenvalue weighted by atomic mass is 35.5. The van der Waals surface area contributed by atoms with Gasteiger partial charge in [0.25, 0.3) is 0 Å². The third-order valence-corrected chi connectivity index (χ3v) is 3.62. The van der Waals surface area contributed by atoms with Crippen LogP contribution in [0, 0.1) is 11.3 Å². The van der Waals surface area contributed by atoms with Crippen molar-refractivity contribution in [3.8, 4) is 6.07 Å². The number of halogens is 1. The van der Waals surface area contributed by atoms with Crippen LogP contribution in [0.4, 0.5) is 5.69 Å². The summed E-state index contributed by atoms with van der Waals surface area (Å²) in [6.45, 7) is 2.20. The Morgan fingerprint density at radius 3 is 2.52 bits per heavy atom. The van der Waals surface area contributed by atoms with Crippen LogP contribution in [0.15, 0.2) is 18.2 Å². The predicted molar refractivity (Wildman–Crippen MR) is 87.4 cm³/mol. The second-order valence-corrected chi connectivity index (χ2v) is 5.66. The van der Waals surface area contributed by atoms with Crippen molar-refractivity contribution in [1.29, 1.82) is 5.26 Å². The van der Waals surface area contributed by atoms with Gasteiger partial charge in [-0.25, -0.2) is 0 Å². The molecule has 0 aliphatic heterocycles. The van der Waals surface area contributed by atoms with Crippen molar-refractivity contribution in [2.24, 2.45) is 0 Å². The molecule has 0 aliphatic rings. The maximum Gasteiger partial charge on any atom is 0.224 e. The Kier molecular flexibility index (Phi) is 8.54. The zero-order valence-corrected chi connectivity index (χ0v) is 13.4. The zero-order valence-electron chi connectivity index (χ0n) is 12.6. The molecule has 114 valence electrons. The van der Waals surface area contributed by atoms with Crippen LogP contribution < -0.4 is 5.32 Å². The van der Waals surface area contributed by atoms with E-state index in [-0.39, 0.29) is 5.91 Å². The van der Waals surface area contributed by atoms with E-state index in [0.29, 0.717) is 22.7 Å². The minimum absolute atomic E-state index is 0.0534. The Balaban J connectivity index is 2.28. The van der Waals surface area contributed by atoms with Gasteiger partial charge in [0, 0.05) is 11.4 Å². The number of carbonyl (C=O) groups is 1. The quantitative estimate of drug-likeness (QED) is 0.630. The number of carbonyl (C=O) groups excluding carboxylic acids is 1. The topological polar surface area (TPSA) is 52.9 Å². The van der Waals surface area contributed by atoms with Gasteiger partial charge in [0.1, 0.15) is 6.07 Å². The lowest BCUT2D eigenvalue weighted by Gasteiger charge is -2.07. The molecule has 21 heavy (non-hydrogen) atoms. The Hall–Kier alpha value is -1.53. The summed E-state index contributed by atoms with van der Waals surface area (Å²) in [6, 6.07) is 6.93. The molecule has 0 unspecified atom stereocenters. The van der Waals surface area contributed by atoms with Crippen molar-refractivity contribution in [2.45, 2.75) is 58.3 Å². The molecule has 4 heteroatoms. The fraction of sp³-hybridized carbons (Fsp3) is 0.529. The average Bonchev–Trinajstić information content (AvgIpc) is 2.46. The van der Waals surface area contributed by atoms with Crippen molar-refractivity contribution in [2.75, 3.05) is 5.32 Å². The van der Waals surface area contributed by atoms with E-state index in [1.54, 1.807) is 18.2 Å². The summed E-state index contributed by atoms with van der Waals surface area (Å²) in [4.78, 5) is 11.9. The van der Waals surface area contributed by atoms with Crippen molar-refractivity contribution in [1.82, 2.24) is 0 Å². The highest BCUT2D eigenvalue weighted by Gasteiger charge is 2.07. The van der Waals surface area contributed by atoms with Gasteiger partial charge in [-0.15, -0.1) is 0 Å². The summed E-state index contributed by atoms with van der Waals surface area (Å²) >= 11 is 5.88. The maximum absolute atomic E-state index is 11.9. The van der Waals surface area contributed by atoms with Crippen LogP contribution in [0.1, 0.15) is 63.9 Å². The van der Waals surface area contributed by atoms with E-state index in [1.807, 2.05) is 0 Å². The highest BCUT2D eigenvalue weighted by molar-refractivity contribution is 6.31. The number of unbranched alkanes of at least 4 members (excludes halogenated alkanes) is 6. The predicted octanol–water partition coefficient (Wildman–Crippen LogP) is 5.29. The third-order valence-electron chi connectivity index (χ3n) is 3.38. The molecule has 1 rings (SSSR count). The minimum atomic E-state index is -0.0534. The summed E-state index contributed by atoms with van der Waals surface area (Å²) in [5.74, 6) is -0.0534. The SMILES string of the molecule is CCCCCCCCCC(=O)Nc1cc(Cl)ccc1C#N. The Morgan fingerprint density at radius 2 is 1.86 bits per heavy atom. The fourth-order valence-electron chi connectivity index (χ4n) is 2.17. The fourth-order valence-corrected chi connectivity index (χ4v) is 2.34. The lowest BCUT2D eigenvalue weighted by molar-refractivity contribution is -0.116. The normalized spacial score (nSPS) is 10.1. The van der Waals surface area contributed by atoms with Crippen molar-refractivity contribution in [3.63, 3.8) is 0 Å². The van der Waals surface area contributed by atoms with Crippen LogP contribution in [0.3, 0.4) is 0 Å². The lowest BCUT2D eigenvalue weighted by atomic mass is 10.1. The van der Waals surface area contributed by atoms with Gasteiger partial charge in [0.2, 0.25) is 5.91 Å². The van der Waals surface area contributed by atoms with Crippen LogP contribution in [-0.2, 0) is 4.79 Å². The molecule has 0 heterocycles. The summed E-state index contributed by atoms with van der Waals surface area (Å²) < 4.78 is 0. The van der Waals surface area contributed by atoms with E-state index >= 15 is 0 Å². The molecule has 0 bridgehead atoms. The molecule has 0 spiro atoms. The first-order valence-electron chi connectivity index (χ1n) is 7.67. The molecule has 1 amide bonds. The molecule has 1 aromatic rings. The molecule has 0 aliphatic carbocycles.